The Labute approximate surface area is 68.3 Å². The van der Waals surface area contributed by atoms with Crippen molar-refractivity contribution in [3.05, 3.63) is 16.3 Å². The molecule has 1 aromatic heterocycles. The molecule has 0 atom stereocenters. The van der Waals surface area contributed by atoms with Gasteiger partial charge in [-0.05, 0) is 13.8 Å². The standard InChI is InChI=1S/C8H8N2O2/c1-3-5-6(10-7(3)11)4(2)8(12)9-5/h9,12H,1-2H3. The molecule has 0 saturated heterocycles. The van der Waals surface area contributed by atoms with Gasteiger partial charge in [0.2, 0.25) is 0 Å². The lowest BCUT2D eigenvalue weighted by molar-refractivity contribution is -0.112. The van der Waals surface area contributed by atoms with Crippen LogP contribution in [-0.4, -0.2) is 16.0 Å². The van der Waals surface area contributed by atoms with Crippen molar-refractivity contribution in [2.24, 2.45) is 4.99 Å². The lowest BCUT2D eigenvalue weighted by Crippen LogP contribution is -2.21. The molecule has 0 unspecified atom stereocenters. The molecule has 1 aliphatic rings. The smallest absolute Gasteiger partial charge is 0.275 e. The van der Waals surface area contributed by atoms with Gasteiger partial charge in [-0.1, -0.05) is 0 Å². The fourth-order valence-corrected chi connectivity index (χ4v) is 1.27. The van der Waals surface area contributed by atoms with E-state index in [9.17, 15) is 9.90 Å². The number of hydrogen-bond acceptors (Lipinski definition) is 2. The van der Waals surface area contributed by atoms with Crippen LogP contribution >= 0.6 is 0 Å². The summed E-state index contributed by atoms with van der Waals surface area (Å²) in [7, 11) is 0. The summed E-state index contributed by atoms with van der Waals surface area (Å²) < 4.78 is 0. The van der Waals surface area contributed by atoms with E-state index in [2.05, 4.69) is 9.98 Å². The van der Waals surface area contributed by atoms with Crippen LogP contribution in [0, 0.1) is 6.92 Å². The van der Waals surface area contributed by atoms with Crippen molar-refractivity contribution in [1.29, 1.82) is 0 Å². The molecule has 4 nitrogen and oxygen atoms in total. The SMILES string of the molecule is CC1=c2[nH]c(O)c(C)c2=NC1=O. The molecule has 2 N–H and O–H groups in total. The first-order valence-electron chi connectivity index (χ1n) is 3.62. The molecule has 1 aromatic rings. The molecule has 0 saturated carbocycles. The van der Waals surface area contributed by atoms with Gasteiger partial charge in [0.1, 0.15) is 0 Å². The Morgan fingerprint density at radius 2 is 2.08 bits per heavy atom. The highest BCUT2D eigenvalue weighted by atomic mass is 16.3. The second-order valence-electron chi connectivity index (χ2n) is 2.86. The first kappa shape index (κ1) is 7.09. The first-order chi connectivity index (χ1) is 5.61. The number of nitrogens with zero attached hydrogens (tertiary/aromatic N) is 1. The Kier molecular flexibility index (Phi) is 1.16. The van der Waals surface area contributed by atoms with Gasteiger partial charge in [0.05, 0.1) is 10.7 Å². The van der Waals surface area contributed by atoms with E-state index in [0.717, 1.165) is 0 Å². The van der Waals surface area contributed by atoms with Gasteiger partial charge < -0.3 is 10.1 Å². The lowest BCUT2D eigenvalue weighted by Gasteiger charge is -1.86. The number of hydrogen-bond donors (Lipinski definition) is 2. The molecule has 0 fully saturated rings. The zero-order chi connectivity index (χ0) is 8.88. The Hall–Kier alpha value is -1.58. The Morgan fingerprint density at radius 3 is 2.67 bits per heavy atom. The molecule has 0 radical (unpaired) electrons. The number of carbonyl (C=O) groups is 1. The average Bonchev–Trinajstić information content (AvgIpc) is 2.43. The minimum absolute atomic E-state index is 0.0931. The Morgan fingerprint density at radius 1 is 1.42 bits per heavy atom. The van der Waals surface area contributed by atoms with Crippen LogP contribution in [0.3, 0.4) is 0 Å². The Bertz CT molecular complexity index is 482. The van der Waals surface area contributed by atoms with Crippen molar-refractivity contribution >= 4 is 11.5 Å². The topological polar surface area (TPSA) is 65.4 Å². The number of aromatic nitrogens is 1. The summed E-state index contributed by atoms with van der Waals surface area (Å²) in [4.78, 5) is 17.5. The minimum atomic E-state index is -0.223. The minimum Gasteiger partial charge on any atom is -0.494 e. The molecule has 12 heavy (non-hydrogen) atoms. The van der Waals surface area contributed by atoms with Crippen LogP contribution in [0.15, 0.2) is 4.99 Å². The van der Waals surface area contributed by atoms with Gasteiger partial charge in [-0.25, -0.2) is 4.99 Å². The first-order valence-corrected chi connectivity index (χ1v) is 3.62. The normalized spacial score (nSPS) is 14.8. The second-order valence-corrected chi connectivity index (χ2v) is 2.86. The van der Waals surface area contributed by atoms with Crippen LogP contribution in [0.4, 0.5) is 0 Å². The molecular formula is C8H8N2O2. The summed E-state index contributed by atoms with van der Waals surface area (Å²) in [5, 5.41) is 10.5. The van der Waals surface area contributed by atoms with E-state index in [1.807, 2.05) is 0 Å². The molecule has 0 aliphatic carbocycles. The number of aromatic amines is 1. The molecular weight excluding hydrogens is 156 g/mol. The fourth-order valence-electron chi connectivity index (χ4n) is 1.27. The van der Waals surface area contributed by atoms with Crippen LogP contribution in [0.1, 0.15) is 12.5 Å². The number of aromatic hydroxyl groups is 1. The molecule has 0 bridgehead atoms. The number of amides is 1. The summed E-state index contributed by atoms with van der Waals surface area (Å²) in [6.07, 6.45) is 0. The van der Waals surface area contributed by atoms with E-state index in [0.29, 0.717) is 21.8 Å². The zero-order valence-electron chi connectivity index (χ0n) is 6.80. The summed E-state index contributed by atoms with van der Waals surface area (Å²) >= 11 is 0. The highest BCUT2D eigenvalue weighted by molar-refractivity contribution is 6.14. The summed E-state index contributed by atoms with van der Waals surface area (Å²) in [5.41, 5.74) is 1.20. The van der Waals surface area contributed by atoms with E-state index < -0.39 is 0 Å². The molecule has 1 amide bonds. The van der Waals surface area contributed by atoms with Crippen molar-refractivity contribution in [2.45, 2.75) is 13.8 Å². The van der Waals surface area contributed by atoms with Crippen LogP contribution in [0.25, 0.3) is 5.57 Å². The fraction of sp³-hybridized carbons (Fsp3) is 0.250. The van der Waals surface area contributed by atoms with Gasteiger partial charge in [0.25, 0.3) is 5.91 Å². The maximum absolute atomic E-state index is 11.1. The highest BCUT2D eigenvalue weighted by Gasteiger charge is 2.16. The van der Waals surface area contributed by atoms with Gasteiger partial charge in [-0.3, -0.25) is 4.79 Å². The quantitative estimate of drug-likeness (QED) is 0.535. The van der Waals surface area contributed by atoms with Crippen molar-refractivity contribution in [2.75, 3.05) is 0 Å². The highest BCUT2D eigenvalue weighted by Crippen LogP contribution is 2.07. The number of H-pyrrole nitrogens is 1. The van der Waals surface area contributed by atoms with Crippen molar-refractivity contribution in [3.63, 3.8) is 0 Å². The van der Waals surface area contributed by atoms with Crippen LogP contribution in [-0.2, 0) is 4.79 Å². The van der Waals surface area contributed by atoms with E-state index in [1.165, 1.54) is 0 Å². The van der Waals surface area contributed by atoms with Crippen LogP contribution < -0.4 is 10.7 Å². The predicted octanol–water partition coefficient (Wildman–Crippen LogP) is -0.641. The lowest BCUT2D eigenvalue weighted by atomic mass is 10.3. The van der Waals surface area contributed by atoms with Crippen molar-refractivity contribution in [1.82, 2.24) is 4.98 Å². The van der Waals surface area contributed by atoms with Gasteiger partial charge in [-0.15, -0.1) is 0 Å². The Balaban J connectivity index is 3.00. The number of rotatable bonds is 0. The zero-order valence-corrected chi connectivity index (χ0v) is 6.80. The number of nitrogens with one attached hydrogen (secondary N) is 1. The summed E-state index contributed by atoms with van der Waals surface area (Å²) in [6, 6.07) is 0. The van der Waals surface area contributed by atoms with Crippen molar-refractivity contribution < 1.29 is 9.90 Å². The number of fused-ring (bicyclic) bond motifs is 1. The molecule has 4 heteroatoms. The molecule has 2 heterocycles. The third-order valence-corrected chi connectivity index (χ3v) is 2.10. The van der Waals surface area contributed by atoms with Gasteiger partial charge in [0.15, 0.2) is 5.88 Å². The second kappa shape index (κ2) is 1.97. The molecule has 2 rings (SSSR count). The maximum Gasteiger partial charge on any atom is 0.275 e. The van der Waals surface area contributed by atoms with E-state index in [4.69, 9.17) is 0 Å². The van der Waals surface area contributed by atoms with Gasteiger partial charge in [0, 0.05) is 11.1 Å². The van der Waals surface area contributed by atoms with E-state index in [-0.39, 0.29) is 11.8 Å². The third kappa shape index (κ3) is 0.664. The molecule has 62 valence electrons. The molecule has 1 aliphatic heterocycles. The average molecular weight is 164 g/mol. The summed E-state index contributed by atoms with van der Waals surface area (Å²) in [5.74, 6) is -0.130. The third-order valence-electron chi connectivity index (χ3n) is 2.10. The predicted molar refractivity (Wildman–Crippen MR) is 42.1 cm³/mol. The van der Waals surface area contributed by atoms with Gasteiger partial charge >= 0.3 is 0 Å². The maximum atomic E-state index is 11.1. The molecule has 0 aromatic carbocycles. The van der Waals surface area contributed by atoms with Gasteiger partial charge in [-0.2, -0.15) is 0 Å². The van der Waals surface area contributed by atoms with E-state index >= 15 is 0 Å². The largest absolute Gasteiger partial charge is 0.494 e. The van der Waals surface area contributed by atoms with E-state index in [1.54, 1.807) is 13.8 Å². The van der Waals surface area contributed by atoms with Crippen LogP contribution in [0.2, 0.25) is 0 Å². The summed E-state index contributed by atoms with van der Waals surface area (Å²) in [6.45, 7) is 3.41. The number of carbonyl (C=O) groups excluding carboxylic acids is 1. The van der Waals surface area contributed by atoms with Crippen LogP contribution in [0.5, 0.6) is 5.88 Å². The monoisotopic (exact) mass is 164 g/mol. The van der Waals surface area contributed by atoms with Crippen molar-refractivity contribution in [3.8, 4) is 5.88 Å². The molecule has 0 spiro atoms.